The van der Waals surface area contributed by atoms with Crippen LogP contribution in [-0.4, -0.2) is 35.7 Å². The Labute approximate surface area is 110 Å². The van der Waals surface area contributed by atoms with Gasteiger partial charge in [-0.25, -0.2) is 0 Å². The first kappa shape index (κ1) is 13.8. The maximum Gasteiger partial charge on any atom is 0.240 e. The van der Waals surface area contributed by atoms with Crippen molar-refractivity contribution in [3.8, 4) is 0 Å². The van der Waals surface area contributed by atoms with E-state index in [0.717, 1.165) is 45.1 Å². The highest BCUT2D eigenvalue weighted by Crippen LogP contribution is 2.35. The van der Waals surface area contributed by atoms with Gasteiger partial charge in [0.15, 0.2) is 0 Å². The summed E-state index contributed by atoms with van der Waals surface area (Å²) in [5.74, 6) is 0.0824. The van der Waals surface area contributed by atoms with E-state index in [1.54, 1.807) is 0 Å². The van der Waals surface area contributed by atoms with Crippen LogP contribution < -0.4 is 10.6 Å². The summed E-state index contributed by atoms with van der Waals surface area (Å²) in [4.78, 5) is 12.2. The maximum atomic E-state index is 12.2. The van der Waals surface area contributed by atoms with Crippen molar-refractivity contribution in [2.45, 2.75) is 64.0 Å². The van der Waals surface area contributed by atoms with Gasteiger partial charge in [-0.15, -0.1) is 0 Å². The number of aliphatic hydroxyl groups excluding tert-OH is 1. The quantitative estimate of drug-likeness (QED) is 0.709. The predicted octanol–water partition coefficient (Wildman–Crippen LogP) is 1.19. The molecular weight excluding hydrogens is 228 g/mol. The van der Waals surface area contributed by atoms with Crippen LogP contribution in [-0.2, 0) is 4.79 Å². The third-order valence-electron chi connectivity index (χ3n) is 4.80. The zero-order chi connectivity index (χ0) is 13.2. The molecule has 2 fully saturated rings. The SMILES string of the molecule is CC1(C(=O)NCC2(C)CCCCC2O)CCCN1. The number of amides is 1. The second-order valence-corrected chi connectivity index (χ2v) is 6.46. The lowest BCUT2D eigenvalue weighted by atomic mass is 9.73. The average Bonchev–Trinajstić information content (AvgIpc) is 2.79. The molecule has 1 saturated heterocycles. The van der Waals surface area contributed by atoms with E-state index in [9.17, 15) is 9.90 Å². The number of hydrogen-bond donors (Lipinski definition) is 3. The number of nitrogens with one attached hydrogen (secondary N) is 2. The van der Waals surface area contributed by atoms with Gasteiger partial charge in [0, 0.05) is 12.0 Å². The van der Waals surface area contributed by atoms with Crippen LogP contribution in [0.3, 0.4) is 0 Å². The highest BCUT2D eigenvalue weighted by Gasteiger charge is 2.39. The Bertz CT molecular complexity index is 313. The van der Waals surface area contributed by atoms with Crippen LogP contribution >= 0.6 is 0 Å². The van der Waals surface area contributed by atoms with Crippen molar-refractivity contribution in [2.75, 3.05) is 13.1 Å². The van der Waals surface area contributed by atoms with Crippen LogP contribution in [0.2, 0.25) is 0 Å². The first-order valence-corrected chi connectivity index (χ1v) is 7.18. The molecule has 3 unspecified atom stereocenters. The summed E-state index contributed by atoms with van der Waals surface area (Å²) >= 11 is 0. The monoisotopic (exact) mass is 254 g/mol. The summed E-state index contributed by atoms with van der Waals surface area (Å²) in [6.07, 6.45) is 5.79. The van der Waals surface area contributed by atoms with Crippen LogP contribution in [0.5, 0.6) is 0 Å². The molecule has 1 aliphatic heterocycles. The Kier molecular flexibility index (Phi) is 3.97. The van der Waals surface area contributed by atoms with Gasteiger partial charge in [0.05, 0.1) is 11.6 Å². The molecule has 0 radical (unpaired) electrons. The van der Waals surface area contributed by atoms with E-state index in [1.807, 2.05) is 6.92 Å². The summed E-state index contributed by atoms with van der Waals surface area (Å²) in [7, 11) is 0. The summed E-state index contributed by atoms with van der Waals surface area (Å²) in [5, 5.41) is 16.4. The molecule has 2 aliphatic rings. The summed E-state index contributed by atoms with van der Waals surface area (Å²) in [5.41, 5.74) is -0.557. The van der Waals surface area contributed by atoms with E-state index in [1.165, 1.54) is 0 Å². The molecule has 4 heteroatoms. The van der Waals surface area contributed by atoms with Gasteiger partial charge in [-0.3, -0.25) is 4.79 Å². The molecule has 4 nitrogen and oxygen atoms in total. The summed E-state index contributed by atoms with van der Waals surface area (Å²) in [6, 6.07) is 0. The second-order valence-electron chi connectivity index (χ2n) is 6.46. The minimum absolute atomic E-state index is 0.0824. The lowest BCUT2D eigenvalue weighted by molar-refractivity contribution is -0.127. The highest BCUT2D eigenvalue weighted by atomic mass is 16.3. The lowest BCUT2D eigenvalue weighted by Gasteiger charge is -2.39. The zero-order valence-corrected chi connectivity index (χ0v) is 11.6. The van der Waals surface area contributed by atoms with Crippen molar-refractivity contribution >= 4 is 5.91 Å². The molecule has 0 aromatic heterocycles. The molecule has 3 N–H and O–H groups in total. The number of aliphatic hydroxyl groups is 1. The Morgan fingerprint density at radius 2 is 2.11 bits per heavy atom. The molecule has 1 heterocycles. The van der Waals surface area contributed by atoms with E-state index in [0.29, 0.717) is 6.54 Å². The van der Waals surface area contributed by atoms with Crippen LogP contribution in [0.1, 0.15) is 52.4 Å². The molecule has 0 aromatic rings. The fraction of sp³-hybridized carbons (Fsp3) is 0.929. The van der Waals surface area contributed by atoms with Crippen LogP contribution in [0, 0.1) is 5.41 Å². The normalized spacial score (nSPS) is 40.7. The molecule has 0 bridgehead atoms. The van der Waals surface area contributed by atoms with E-state index < -0.39 is 5.54 Å². The smallest absolute Gasteiger partial charge is 0.240 e. The van der Waals surface area contributed by atoms with Gasteiger partial charge in [0.1, 0.15) is 0 Å². The third kappa shape index (κ3) is 2.69. The predicted molar refractivity (Wildman–Crippen MR) is 71.2 cm³/mol. The summed E-state index contributed by atoms with van der Waals surface area (Å²) < 4.78 is 0. The molecule has 1 saturated carbocycles. The Morgan fingerprint density at radius 1 is 1.33 bits per heavy atom. The highest BCUT2D eigenvalue weighted by molar-refractivity contribution is 5.86. The fourth-order valence-electron chi connectivity index (χ4n) is 3.15. The van der Waals surface area contributed by atoms with Gasteiger partial charge >= 0.3 is 0 Å². The van der Waals surface area contributed by atoms with Crippen LogP contribution in [0.4, 0.5) is 0 Å². The first-order valence-electron chi connectivity index (χ1n) is 7.18. The molecule has 3 atom stereocenters. The molecule has 1 amide bonds. The standard InChI is InChI=1S/C14H26N2O2/c1-13(7-4-3-6-11(13)17)10-15-12(18)14(2)8-5-9-16-14/h11,16-17H,3-10H2,1-2H3,(H,15,18). The fourth-order valence-corrected chi connectivity index (χ4v) is 3.15. The molecular formula is C14H26N2O2. The maximum absolute atomic E-state index is 12.2. The number of carbonyl (C=O) groups excluding carboxylic acids is 1. The van der Waals surface area contributed by atoms with Crippen molar-refractivity contribution in [1.82, 2.24) is 10.6 Å². The largest absolute Gasteiger partial charge is 0.392 e. The van der Waals surface area contributed by atoms with Crippen molar-refractivity contribution in [1.29, 1.82) is 0 Å². The van der Waals surface area contributed by atoms with Gasteiger partial charge in [0.2, 0.25) is 5.91 Å². The molecule has 18 heavy (non-hydrogen) atoms. The van der Waals surface area contributed by atoms with Crippen molar-refractivity contribution in [2.24, 2.45) is 5.41 Å². The van der Waals surface area contributed by atoms with E-state index in [-0.39, 0.29) is 17.4 Å². The topological polar surface area (TPSA) is 61.4 Å². The van der Waals surface area contributed by atoms with Gasteiger partial charge in [-0.2, -0.15) is 0 Å². The molecule has 104 valence electrons. The molecule has 0 aromatic carbocycles. The van der Waals surface area contributed by atoms with Crippen molar-refractivity contribution < 1.29 is 9.90 Å². The Balaban J connectivity index is 1.88. The van der Waals surface area contributed by atoms with Gasteiger partial charge in [-0.1, -0.05) is 19.8 Å². The van der Waals surface area contributed by atoms with Gasteiger partial charge in [0.25, 0.3) is 0 Å². The van der Waals surface area contributed by atoms with E-state index >= 15 is 0 Å². The minimum atomic E-state index is -0.407. The minimum Gasteiger partial charge on any atom is -0.392 e. The van der Waals surface area contributed by atoms with Crippen molar-refractivity contribution in [3.63, 3.8) is 0 Å². The third-order valence-corrected chi connectivity index (χ3v) is 4.80. The molecule has 1 aliphatic carbocycles. The molecule has 0 spiro atoms. The number of rotatable bonds is 3. The first-order chi connectivity index (χ1) is 8.46. The van der Waals surface area contributed by atoms with Crippen molar-refractivity contribution in [3.05, 3.63) is 0 Å². The van der Waals surface area contributed by atoms with Crippen LogP contribution in [0.25, 0.3) is 0 Å². The van der Waals surface area contributed by atoms with Gasteiger partial charge in [-0.05, 0) is 39.2 Å². The average molecular weight is 254 g/mol. The number of hydrogen-bond acceptors (Lipinski definition) is 3. The Hall–Kier alpha value is -0.610. The molecule has 2 rings (SSSR count). The van der Waals surface area contributed by atoms with Gasteiger partial charge < -0.3 is 15.7 Å². The zero-order valence-electron chi connectivity index (χ0n) is 11.6. The van der Waals surface area contributed by atoms with E-state index in [4.69, 9.17) is 0 Å². The van der Waals surface area contributed by atoms with E-state index in [2.05, 4.69) is 17.6 Å². The number of carbonyl (C=O) groups is 1. The van der Waals surface area contributed by atoms with Crippen LogP contribution in [0.15, 0.2) is 0 Å². The summed E-state index contributed by atoms with van der Waals surface area (Å²) in [6.45, 7) is 5.56. The second kappa shape index (κ2) is 5.17. The Morgan fingerprint density at radius 3 is 2.72 bits per heavy atom. The lowest BCUT2D eigenvalue weighted by Crippen LogP contribution is -2.54.